The molecule has 0 aromatic rings. The van der Waals surface area contributed by atoms with E-state index in [9.17, 15) is 14.4 Å². The summed E-state index contributed by atoms with van der Waals surface area (Å²) in [6, 6.07) is -0.454. The molecule has 2 N–H and O–H groups in total. The molecule has 0 radical (unpaired) electrons. The summed E-state index contributed by atoms with van der Waals surface area (Å²) < 4.78 is 0. The molecule has 0 bridgehead atoms. The molecule has 0 atom stereocenters. The Morgan fingerprint density at radius 2 is 1.89 bits per heavy atom. The normalized spacial score (nSPS) is 16.8. The Balaban J connectivity index is 2.37. The van der Waals surface area contributed by atoms with E-state index in [-0.39, 0.29) is 0 Å². The Kier molecular flexibility index (Phi) is 5.35. The third-order valence-electron chi connectivity index (χ3n) is 3.09. The fraction of sp³-hybridized carbons (Fsp3) is 0.583. The van der Waals surface area contributed by atoms with Gasteiger partial charge in [-0.25, -0.2) is 9.59 Å². The minimum atomic E-state index is -1.22. The molecule has 3 amide bonds. The van der Waals surface area contributed by atoms with Crippen LogP contribution in [0.2, 0.25) is 0 Å². The molecule has 1 rings (SSSR count). The van der Waals surface area contributed by atoms with Crippen LogP contribution in [0.25, 0.3) is 0 Å². The van der Waals surface area contributed by atoms with Gasteiger partial charge in [0.15, 0.2) is 0 Å². The predicted molar refractivity (Wildman–Crippen MR) is 64.9 cm³/mol. The minimum absolute atomic E-state index is 0.454. The van der Waals surface area contributed by atoms with Crippen molar-refractivity contribution in [3.8, 4) is 0 Å². The van der Waals surface area contributed by atoms with E-state index >= 15 is 0 Å². The number of nitrogens with one attached hydrogen (secondary N) is 1. The van der Waals surface area contributed by atoms with Crippen LogP contribution in [0.15, 0.2) is 12.2 Å². The quantitative estimate of drug-likeness (QED) is 0.735. The van der Waals surface area contributed by atoms with Crippen molar-refractivity contribution in [3.05, 3.63) is 12.2 Å². The molecule has 100 valence electrons. The zero-order valence-corrected chi connectivity index (χ0v) is 10.4. The predicted octanol–water partition coefficient (Wildman–Crippen LogP) is 0.985. The van der Waals surface area contributed by atoms with E-state index in [1.165, 1.54) is 0 Å². The van der Waals surface area contributed by atoms with Gasteiger partial charge in [-0.15, -0.1) is 0 Å². The summed E-state index contributed by atoms with van der Waals surface area (Å²) in [6.45, 7) is 3.40. The lowest BCUT2D eigenvalue weighted by Crippen LogP contribution is -2.46. The molecule has 6 heteroatoms. The van der Waals surface area contributed by atoms with Crippen molar-refractivity contribution in [3.63, 3.8) is 0 Å². The monoisotopic (exact) mass is 254 g/mol. The Morgan fingerprint density at radius 3 is 2.39 bits per heavy atom. The average molecular weight is 254 g/mol. The van der Waals surface area contributed by atoms with E-state index in [1.54, 1.807) is 4.90 Å². The SMILES string of the molecule is CCC1CCN(C(=O)NC(=O)/C=C/C(=O)O)CC1. The zero-order valence-electron chi connectivity index (χ0n) is 10.4. The highest BCUT2D eigenvalue weighted by Crippen LogP contribution is 2.19. The zero-order chi connectivity index (χ0) is 13.5. The van der Waals surface area contributed by atoms with Gasteiger partial charge in [-0.3, -0.25) is 10.1 Å². The molecule has 1 aliphatic heterocycles. The summed E-state index contributed by atoms with van der Waals surface area (Å²) in [6.07, 6.45) is 4.53. The lowest BCUT2D eigenvalue weighted by Gasteiger charge is -2.31. The number of urea groups is 1. The molecule has 0 saturated carbocycles. The number of piperidine rings is 1. The molecule has 0 spiro atoms. The number of likely N-dealkylation sites (tertiary alicyclic amines) is 1. The number of carbonyl (C=O) groups is 3. The highest BCUT2D eigenvalue weighted by molar-refractivity contribution is 6.02. The number of hydrogen-bond donors (Lipinski definition) is 2. The van der Waals surface area contributed by atoms with Gasteiger partial charge in [-0.2, -0.15) is 0 Å². The molecule has 6 nitrogen and oxygen atoms in total. The van der Waals surface area contributed by atoms with Gasteiger partial charge in [0.05, 0.1) is 0 Å². The third-order valence-corrected chi connectivity index (χ3v) is 3.09. The lowest BCUT2D eigenvalue weighted by molar-refractivity contribution is -0.131. The molecule has 0 aromatic heterocycles. The van der Waals surface area contributed by atoms with Crippen LogP contribution in [0.5, 0.6) is 0 Å². The summed E-state index contributed by atoms with van der Waals surface area (Å²) in [4.78, 5) is 34.7. The van der Waals surface area contributed by atoms with E-state index in [2.05, 4.69) is 12.2 Å². The molecular formula is C12H18N2O4. The number of imide groups is 1. The lowest BCUT2D eigenvalue weighted by atomic mass is 9.95. The Hall–Kier alpha value is -1.85. The van der Waals surface area contributed by atoms with Crippen LogP contribution in [0.3, 0.4) is 0 Å². The third kappa shape index (κ3) is 4.57. The van der Waals surface area contributed by atoms with Crippen molar-refractivity contribution < 1.29 is 19.5 Å². The first-order chi connectivity index (χ1) is 8.52. The van der Waals surface area contributed by atoms with Gasteiger partial charge >= 0.3 is 12.0 Å². The molecule has 0 unspecified atom stereocenters. The maximum absolute atomic E-state index is 11.7. The van der Waals surface area contributed by atoms with Crippen LogP contribution in [0.4, 0.5) is 4.79 Å². The standard InChI is InChI=1S/C12H18N2O4/c1-2-9-5-7-14(8-6-9)12(18)13-10(15)3-4-11(16)17/h3-4,9H,2,5-8H2,1H3,(H,16,17)(H,13,15,18)/b4-3+. The highest BCUT2D eigenvalue weighted by atomic mass is 16.4. The Morgan fingerprint density at radius 1 is 1.28 bits per heavy atom. The van der Waals surface area contributed by atoms with Crippen LogP contribution in [-0.2, 0) is 9.59 Å². The molecule has 0 aliphatic carbocycles. The molecule has 18 heavy (non-hydrogen) atoms. The average Bonchev–Trinajstić information content (AvgIpc) is 2.36. The molecule has 0 aromatic carbocycles. The first-order valence-corrected chi connectivity index (χ1v) is 6.03. The van der Waals surface area contributed by atoms with Crippen LogP contribution in [0.1, 0.15) is 26.2 Å². The second-order valence-corrected chi connectivity index (χ2v) is 4.30. The van der Waals surface area contributed by atoms with E-state index < -0.39 is 17.9 Å². The molecular weight excluding hydrogens is 236 g/mol. The van der Waals surface area contributed by atoms with Crippen molar-refractivity contribution in [2.24, 2.45) is 5.92 Å². The van der Waals surface area contributed by atoms with E-state index in [0.717, 1.165) is 25.3 Å². The number of carboxylic acids is 1. The van der Waals surface area contributed by atoms with Gasteiger partial charge in [0.2, 0.25) is 0 Å². The smallest absolute Gasteiger partial charge is 0.328 e. The maximum Gasteiger partial charge on any atom is 0.328 e. The maximum atomic E-state index is 11.7. The second-order valence-electron chi connectivity index (χ2n) is 4.30. The van der Waals surface area contributed by atoms with E-state index in [4.69, 9.17) is 5.11 Å². The van der Waals surface area contributed by atoms with Crippen molar-refractivity contribution in [1.29, 1.82) is 0 Å². The van der Waals surface area contributed by atoms with Crippen molar-refractivity contribution in [2.75, 3.05) is 13.1 Å². The number of carboxylic acid groups (broad SMARTS) is 1. The summed E-state index contributed by atoms with van der Waals surface area (Å²) >= 11 is 0. The fourth-order valence-corrected chi connectivity index (χ4v) is 1.92. The summed E-state index contributed by atoms with van der Waals surface area (Å²) in [5.74, 6) is -1.28. The van der Waals surface area contributed by atoms with Gasteiger partial charge in [-0.05, 0) is 18.8 Å². The van der Waals surface area contributed by atoms with Gasteiger partial charge < -0.3 is 10.0 Å². The van der Waals surface area contributed by atoms with Crippen molar-refractivity contribution in [2.45, 2.75) is 26.2 Å². The number of nitrogens with zero attached hydrogens (tertiary/aromatic N) is 1. The van der Waals surface area contributed by atoms with Gasteiger partial charge in [0, 0.05) is 25.2 Å². The van der Waals surface area contributed by atoms with Gasteiger partial charge in [0.1, 0.15) is 0 Å². The first kappa shape index (κ1) is 14.2. The summed E-state index contributed by atoms with van der Waals surface area (Å²) in [5, 5.41) is 10.5. The summed E-state index contributed by atoms with van der Waals surface area (Å²) in [5.41, 5.74) is 0. The number of hydrogen-bond acceptors (Lipinski definition) is 3. The molecule has 1 fully saturated rings. The number of carbonyl (C=O) groups excluding carboxylic acids is 2. The topological polar surface area (TPSA) is 86.7 Å². The number of aliphatic carboxylic acids is 1. The van der Waals surface area contributed by atoms with E-state index in [1.807, 2.05) is 0 Å². The highest BCUT2D eigenvalue weighted by Gasteiger charge is 2.22. The summed E-state index contributed by atoms with van der Waals surface area (Å²) in [7, 11) is 0. The minimum Gasteiger partial charge on any atom is -0.478 e. The van der Waals surface area contributed by atoms with E-state index in [0.29, 0.717) is 25.1 Å². The van der Waals surface area contributed by atoms with Gasteiger partial charge in [-0.1, -0.05) is 13.3 Å². The number of rotatable bonds is 3. The second kappa shape index (κ2) is 6.78. The van der Waals surface area contributed by atoms with Gasteiger partial charge in [0.25, 0.3) is 5.91 Å². The molecule has 1 saturated heterocycles. The van der Waals surface area contributed by atoms with Crippen LogP contribution in [0, 0.1) is 5.92 Å². The number of amides is 3. The van der Waals surface area contributed by atoms with Crippen LogP contribution in [-0.4, -0.2) is 41.0 Å². The van der Waals surface area contributed by atoms with Crippen LogP contribution >= 0.6 is 0 Å². The van der Waals surface area contributed by atoms with Crippen molar-refractivity contribution >= 4 is 17.9 Å². The van der Waals surface area contributed by atoms with Crippen LogP contribution < -0.4 is 5.32 Å². The Labute approximate surface area is 106 Å². The largest absolute Gasteiger partial charge is 0.478 e. The first-order valence-electron chi connectivity index (χ1n) is 6.03. The molecule has 1 heterocycles. The fourth-order valence-electron chi connectivity index (χ4n) is 1.92. The van der Waals surface area contributed by atoms with Crippen molar-refractivity contribution in [1.82, 2.24) is 10.2 Å². The Bertz CT molecular complexity index is 357. The molecule has 1 aliphatic rings.